The Morgan fingerprint density at radius 1 is 0.967 bits per heavy atom. The minimum atomic E-state index is -3.59. The lowest BCUT2D eigenvalue weighted by molar-refractivity contribution is 0.306. The average Bonchev–Trinajstić information content (AvgIpc) is 2.78. The highest BCUT2D eigenvalue weighted by Crippen LogP contribution is 2.32. The van der Waals surface area contributed by atoms with Gasteiger partial charge in [-0.25, -0.2) is 8.42 Å². The molecule has 5 heteroatoms. The third-order valence-electron chi connectivity index (χ3n) is 6.33. The summed E-state index contributed by atoms with van der Waals surface area (Å²) in [5, 5.41) is 1.27. The van der Waals surface area contributed by atoms with Crippen LogP contribution in [0.25, 0.3) is 5.20 Å². The van der Waals surface area contributed by atoms with E-state index in [1.807, 2.05) is 31.3 Å². The van der Waals surface area contributed by atoms with Crippen molar-refractivity contribution >= 4 is 24.0 Å². The van der Waals surface area contributed by atoms with Crippen LogP contribution in [0.5, 0.6) is 0 Å². The molecule has 0 bridgehead atoms. The summed E-state index contributed by atoms with van der Waals surface area (Å²) >= 11 is 0. The minimum Gasteiger partial charge on any atom is -0.270 e. The second-order valence-electron chi connectivity index (χ2n) is 8.40. The predicted octanol–water partition coefficient (Wildman–Crippen LogP) is 6.17. The lowest BCUT2D eigenvalue weighted by Gasteiger charge is -2.34. The molecule has 1 aliphatic carbocycles. The van der Waals surface area contributed by atoms with E-state index in [1.165, 1.54) is 17.2 Å². The van der Waals surface area contributed by atoms with Gasteiger partial charge in [0.15, 0.2) is 0 Å². The van der Waals surface area contributed by atoms with Crippen molar-refractivity contribution in [2.45, 2.75) is 75.9 Å². The Labute approximate surface area is 184 Å². The fourth-order valence-electron chi connectivity index (χ4n) is 4.45. The van der Waals surface area contributed by atoms with Crippen LogP contribution in [0, 0.1) is 6.92 Å². The van der Waals surface area contributed by atoms with Gasteiger partial charge in [0.1, 0.15) is 0 Å². The molecule has 1 aliphatic rings. The first kappa shape index (κ1) is 22.8. The quantitative estimate of drug-likeness (QED) is 0.460. The molecule has 0 saturated heterocycles. The third-order valence-corrected chi connectivity index (χ3v) is 11.5. The number of sulfonamides is 1. The molecular formula is C25H35NO2SSi. The van der Waals surface area contributed by atoms with Crippen LogP contribution in [0.2, 0.25) is 12.1 Å². The molecule has 0 amide bonds. The molecule has 0 heterocycles. The Bertz CT molecular complexity index is 929. The van der Waals surface area contributed by atoms with Gasteiger partial charge >= 0.3 is 0 Å². The fraction of sp³-hybridized carbons (Fsp3) is 0.440. The zero-order valence-electron chi connectivity index (χ0n) is 18.5. The van der Waals surface area contributed by atoms with Gasteiger partial charge in [-0.1, -0.05) is 93.2 Å². The van der Waals surface area contributed by atoms with Gasteiger partial charge in [0, 0.05) is 12.2 Å². The van der Waals surface area contributed by atoms with E-state index in [0.29, 0.717) is 4.90 Å². The van der Waals surface area contributed by atoms with E-state index in [0.717, 1.165) is 43.3 Å². The number of nitrogens with zero attached hydrogens (tertiary/aromatic N) is 1. The van der Waals surface area contributed by atoms with Gasteiger partial charge in [-0.15, -0.1) is 0 Å². The summed E-state index contributed by atoms with van der Waals surface area (Å²) in [6.45, 7) is 6.48. The first-order chi connectivity index (χ1) is 14.5. The smallest absolute Gasteiger partial charge is 0.264 e. The average molecular weight is 442 g/mol. The number of hydrogen-bond donors (Lipinski definition) is 0. The molecule has 3 rings (SSSR count). The molecule has 30 heavy (non-hydrogen) atoms. The maximum atomic E-state index is 13.8. The fourth-order valence-corrected chi connectivity index (χ4v) is 8.63. The molecule has 1 fully saturated rings. The van der Waals surface area contributed by atoms with E-state index in [4.69, 9.17) is 0 Å². The van der Waals surface area contributed by atoms with Crippen LogP contribution < -0.4 is 0 Å². The van der Waals surface area contributed by atoms with E-state index in [9.17, 15) is 8.42 Å². The molecule has 0 aliphatic heterocycles. The highest BCUT2D eigenvalue weighted by atomic mass is 32.2. The maximum Gasteiger partial charge on any atom is 0.264 e. The molecule has 0 atom stereocenters. The molecule has 0 radical (unpaired) electrons. The Balaban J connectivity index is 2.13. The molecule has 162 valence electrons. The van der Waals surface area contributed by atoms with Gasteiger partial charge in [0.05, 0.1) is 13.7 Å². The van der Waals surface area contributed by atoms with E-state index < -0.39 is 18.8 Å². The summed E-state index contributed by atoms with van der Waals surface area (Å²) in [4.78, 5) is 0.397. The van der Waals surface area contributed by atoms with Crippen molar-refractivity contribution in [2.24, 2.45) is 0 Å². The Morgan fingerprint density at radius 2 is 1.57 bits per heavy atom. The van der Waals surface area contributed by atoms with Crippen LogP contribution in [0.15, 0.2) is 65.7 Å². The van der Waals surface area contributed by atoms with Crippen LogP contribution in [0.3, 0.4) is 0 Å². The predicted molar refractivity (Wildman–Crippen MR) is 130 cm³/mol. The Kier molecular flexibility index (Phi) is 7.95. The normalized spacial score (nSPS) is 16.1. The van der Waals surface area contributed by atoms with Gasteiger partial charge in [-0.3, -0.25) is 4.31 Å². The van der Waals surface area contributed by atoms with Crippen molar-refractivity contribution in [1.82, 2.24) is 4.31 Å². The third kappa shape index (κ3) is 5.24. The van der Waals surface area contributed by atoms with E-state index in [1.54, 1.807) is 16.4 Å². The maximum absolute atomic E-state index is 13.8. The molecule has 0 aromatic heterocycles. The highest BCUT2D eigenvalue weighted by molar-refractivity contribution is 7.89. The summed E-state index contributed by atoms with van der Waals surface area (Å²) in [7, 11) is -4.85. The molecule has 2 aromatic rings. The lowest BCUT2D eigenvalue weighted by atomic mass is 9.96. The van der Waals surface area contributed by atoms with Crippen molar-refractivity contribution in [3.05, 3.63) is 71.9 Å². The van der Waals surface area contributed by atoms with Gasteiger partial charge in [0.2, 0.25) is 0 Å². The highest BCUT2D eigenvalue weighted by Gasteiger charge is 2.31. The molecule has 0 N–H and O–H groups in total. The van der Waals surface area contributed by atoms with Crippen LogP contribution in [0.1, 0.15) is 57.1 Å². The standard InChI is InChI=1S/C25H35NO2SSi/c1-4-30(5-2)25(22-12-8-6-9-13-22)20-26(23-14-10-7-11-15-23)29(27,28)24-18-16-21(3)17-19-24/h6,8-9,12-13,16-20,23,30H,4-5,7,10-11,14-15H2,1-3H3/b25-20-. The van der Waals surface area contributed by atoms with Crippen molar-refractivity contribution in [2.75, 3.05) is 0 Å². The van der Waals surface area contributed by atoms with E-state index in [2.05, 4.69) is 38.1 Å². The Hall–Kier alpha value is -1.85. The van der Waals surface area contributed by atoms with Crippen molar-refractivity contribution in [3.63, 3.8) is 0 Å². The number of rotatable bonds is 8. The zero-order chi connectivity index (χ0) is 21.6. The summed E-state index contributed by atoms with van der Waals surface area (Å²) in [5.41, 5.74) is 2.25. The minimum absolute atomic E-state index is 0.0483. The molecule has 1 saturated carbocycles. The lowest BCUT2D eigenvalue weighted by Crippen LogP contribution is -2.38. The monoisotopic (exact) mass is 441 g/mol. The second kappa shape index (κ2) is 10.4. The molecule has 3 nitrogen and oxygen atoms in total. The zero-order valence-corrected chi connectivity index (χ0v) is 20.5. The SMILES string of the molecule is CC[SiH](CC)/C(=C\N(C1CCCCC1)S(=O)(=O)c1ccc(C)cc1)c1ccccc1. The summed E-state index contributed by atoms with van der Waals surface area (Å²) in [6.07, 6.45) is 7.31. The first-order valence-corrected chi connectivity index (χ1v) is 15.0. The second-order valence-corrected chi connectivity index (χ2v) is 13.9. The summed E-state index contributed by atoms with van der Waals surface area (Å²) < 4.78 is 29.4. The van der Waals surface area contributed by atoms with Crippen LogP contribution in [-0.2, 0) is 10.0 Å². The summed E-state index contributed by atoms with van der Waals surface area (Å²) in [5.74, 6) is 0. The Morgan fingerprint density at radius 3 is 2.13 bits per heavy atom. The van der Waals surface area contributed by atoms with Crippen molar-refractivity contribution < 1.29 is 8.42 Å². The molecule has 0 unspecified atom stereocenters. The number of benzene rings is 2. The largest absolute Gasteiger partial charge is 0.270 e. The van der Waals surface area contributed by atoms with Gasteiger partial charge in [-0.2, -0.15) is 0 Å². The van der Waals surface area contributed by atoms with E-state index in [-0.39, 0.29) is 6.04 Å². The van der Waals surface area contributed by atoms with Gasteiger partial charge in [0.25, 0.3) is 10.0 Å². The van der Waals surface area contributed by atoms with Crippen LogP contribution >= 0.6 is 0 Å². The molecule has 2 aromatic carbocycles. The first-order valence-electron chi connectivity index (χ1n) is 11.3. The molecule has 0 spiro atoms. The summed E-state index contributed by atoms with van der Waals surface area (Å²) in [6, 6.07) is 20.0. The van der Waals surface area contributed by atoms with Gasteiger partial charge in [-0.05, 0) is 42.7 Å². The van der Waals surface area contributed by atoms with Crippen LogP contribution in [0.4, 0.5) is 0 Å². The van der Waals surface area contributed by atoms with Crippen molar-refractivity contribution in [1.29, 1.82) is 0 Å². The molecular weight excluding hydrogens is 406 g/mol. The topological polar surface area (TPSA) is 37.4 Å². The van der Waals surface area contributed by atoms with Crippen molar-refractivity contribution in [3.8, 4) is 0 Å². The van der Waals surface area contributed by atoms with Crippen LogP contribution in [-0.4, -0.2) is 27.6 Å². The van der Waals surface area contributed by atoms with Gasteiger partial charge < -0.3 is 0 Å². The number of aryl methyl sites for hydroxylation is 1. The van der Waals surface area contributed by atoms with E-state index >= 15 is 0 Å². The number of hydrogen-bond acceptors (Lipinski definition) is 2.